The summed E-state index contributed by atoms with van der Waals surface area (Å²) in [5, 5.41) is 1.99. The van der Waals surface area contributed by atoms with Gasteiger partial charge in [0.25, 0.3) is 16.0 Å². The van der Waals surface area contributed by atoms with E-state index in [-0.39, 0.29) is 18.1 Å². The molecule has 0 spiro atoms. The van der Waals surface area contributed by atoms with Crippen molar-refractivity contribution in [3.63, 3.8) is 0 Å². The molecule has 1 saturated heterocycles. The molecule has 7 nitrogen and oxygen atoms in total. The van der Waals surface area contributed by atoms with E-state index >= 15 is 0 Å². The molecule has 162 valence electrons. The number of rotatable bonds is 6. The van der Waals surface area contributed by atoms with Crippen LogP contribution in [0.2, 0.25) is 0 Å². The lowest BCUT2D eigenvalue weighted by Gasteiger charge is -2.19. The normalized spacial score (nSPS) is 19.0. The molecule has 0 aromatic heterocycles. The number of fused-ring (bicyclic) bond motifs is 3. The Kier molecular flexibility index (Phi) is 6.07. The maximum atomic E-state index is 12.5. The molecule has 10 heteroatoms. The topological polar surface area (TPSA) is 87.2 Å². The van der Waals surface area contributed by atoms with E-state index in [1.54, 1.807) is 12.2 Å². The average molecular weight is 477 g/mol. The van der Waals surface area contributed by atoms with Crippen LogP contribution in [-0.4, -0.2) is 46.9 Å². The quantitative estimate of drug-likeness (QED) is 0.381. The summed E-state index contributed by atoms with van der Waals surface area (Å²) in [6.45, 7) is 2.69. The first-order valence-electron chi connectivity index (χ1n) is 9.66. The van der Waals surface area contributed by atoms with Gasteiger partial charge in [0.2, 0.25) is 5.88 Å². The van der Waals surface area contributed by atoms with Gasteiger partial charge >= 0.3 is 0 Å². The van der Waals surface area contributed by atoms with Crippen molar-refractivity contribution in [2.75, 3.05) is 23.7 Å². The molecule has 1 amide bonds. The fourth-order valence-corrected chi connectivity index (χ4v) is 5.38. The average Bonchev–Trinajstić information content (AvgIpc) is 3.21. The highest BCUT2D eigenvalue weighted by Crippen LogP contribution is 2.44. The van der Waals surface area contributed by atoms with E-state index in [1.165, 1.54) is 16.7 Å². The van der Waals surface area contributed by atoms with Crippen LogP contribution in [0.15, 0.2) is 59.3 Å². The van der Waals surface area contributed by atoms with Crippen molar-refractivity contribution in [3.05, 3.63) is 59.3 Å². The Morgan fingerprint density at radius 2 is 1.94 bits per heavy atom. The van der Waals surface area contributed by atoms with Crippen molar-refractivity contribution in [2.24, 2.45) is 0 Å². The highest BCUT2D eigenvalue weighted by atomic mass is 32.2. The Labute approximate surface area is 190 Å². The van der Waals surface area contributed by atoms with E-state index in [0.29, 0.717) is 33.9 Å². The highest BCUT2D eigenvalue weighted by molar-refractivity contribution is 8.26. The third kappa shape index (κ3) is 4.47. The fraction of sp³-hybridized carbons (Fsp3) is 0.238. The second-order valence-electron chi connectivity index (χ2n) is 6.98. The fourth-order valence-electron chi connectivity index (χ4n) is 3.56. The molecule has 0 aliphatic carbocycles. The summed E-state index contributed by atoms with van der Waals surface area (Å²) >= 11 is 6.49. The molecule has 2 aliphatic heterocycles. The van der Waals surface area contributed by atoms with Gasteiger partial charge in [0, 0.05) is 24.6 Å². The lowest BCUT2D eigenvalue weighted by molar-refractivity contribution is -0.122. The molecule has 0 saturated carbocycles. The van der Waals surface area contributed by atoms with E-state index in [9.17, 15) is 13.2 Å². The number of ether oxygens (including phenoxy) is 1. The molecule has 2 aliphatic rings. The van der Waals surface area contributed by atoms with Gasteiger partial charge in [0.1, 0.15) is 4.32 Å². The van der Waals surface area contributed by atoms with Crippen LogP contribution in [0.25, 0.3) is 10.8 Å². The Balaban J connectivity index is 1.70. The summed E-state index contributed by atoms with van der Waals surface area (Å²) in [6.07, 6.45) is 3.58. The largest absolute Gasteiger partial charge is 0.439 e. The van der Waals surface area contributed by atoms with Crippen LogP contribution in [0.3, 0.4) is 0 Å². The van der Waals surface area contributed by atoms with Crippen LogP contribution in [-0.2, 0) is 14.9 Å². The number of carbonyl (C=O) groups excluding carboxylic acids is 1. The first-order valence-corrected chi connectivity index (χ1v) is 12.5. The SMILES string of the molecule is CCN1C(=O)C(=CC=C2Oc3ccc4ccccc4c3N2CCCS(=O)(=O)O)SC1=S. The summed E-state index contributed by atoms with van der Waals surface area (Å²) in [4.78, 5) is 16.4. The smallest absolute Gasteiger partial charge is 0.266 e. The first kappa shape index (κ1) is 21.8. The van der Waals surface area contributed by atoms with Crippen LogP contribution < -0.4 is 9.64 Å². The molecule has 2 aromatic rings. The van der Waals surface area contributed by atoms with Crippen LogP contribution >= 0.6 is 24.0 Å². The van der Waals surface area contributed by atoms with Crippen molar-refractivity contribution >= 4 is 60.8 Å². The lowest BCUT2D eigenvalue weighted by Crippen LogP contribution is -2.27. The molecule has 2 aromatic carbocycles. The van der Waals surface area contributed by atoms with Gasteiger partial charge in [-0.3, -0.25) is 14.2 Å². The number of thioether (sulfide) groups is 1. The number of carbonyl (C=O) groups is 1. The summed E-state index contributed by atoms with van der Waals surface area (Å²) < 4.78 is 38.1. The Hall–Kier alpha value is -2.40. The van der Waals surface area contributed by atoms with Crippen LogP contribution in [0.1, 0.15) is 13.3 Å². The van der Waals surface area contributed by atoms with Gasteiger partial charge in [-0.05, 0) is 30.9 Å². The van der Waals surface area contributed by atoms with Gasteiger partial charge < -0.3 is 9.64 Å². The Bertz CT molecular complexity index is 1240. The number of amides is 1. The molecule has 0 radical (unpaired) electrons. The molecule has 0 bridgehead atoms. The van der Waals surface area contributed by atoms with Gasteiger partial charge in [0.05, 0.1) is 16.3 Å². The van der Waals surface area contributed by atoms with Crippen molar-refractivity contribution in [1.82, 2.24) is 4.90 Å². The van der Waals surface area contributed by atoms with Crippen molar-refractivity contribution in [1.29, 1.82) is 0 Å². The predicted octanol–water partition coefficient (Wildman–Crippen LogP) is 3.92. The molecule has 0 atom stereocenters. The van der Waals surface area contributed by atoms with Crippen molar-refractivity contribution in [2.45, 2.75) is 13.3 Å². The standard InChI is InChI=1S/C21H20N2O5S3/c1-2-22-20(24)17(30-21(22)29)10-11-18-23(12-5-13-31(25,26)27)19-15-7-4-3-6-14(15)8-9-16(19)28-18/h3-4,6-11H,2,5,12-13H2,1H3,(H,25,26,27). The minimum Gasteiger partial charge on any atom is -0.439 e. The Morgan fingerprint density at radius 3 is 2.65 bits per heavy atom. The zero-order valence-corrected chi connectivity index (χ0v) is 19.1. The number of benzene rings is 2. The molecule has 0 unspecified atom stereocenters. The van der Waals surface area contributed by atoms with Gasteiger partial charge in [-0.1, -0.05) is 54.3 Å². The van der Waals surface area contributed by atoms with Crippen molar-refractivity contribution < 1.29 is 22.5 Å². The number of anilines is 1. The molecule has 2 heterocycles. The third-order valence-corrected chi connectivity index (χ3v) is 7.17. The maximum Gasteiger partial charge on any atom is 0.266 e. The zero-order chi connectivity index (χ0) is 22.2. The minimum atomic E-state index is -4.07. The van der Waals surface area contributed by atoms with Crippen LogP contribution in [0.4, 0.5) is 5.69 Å². The minimum absolute atomic E-state index is 0.145. The second-order valence-corrected chi connectivity index (χ2v) is 10.2. The summed E-state index contributed by atoms with van der Waals surface area (Å²) in [7, 11) is -4.07. The maximum absolute atomic E-state index is 12.5. The van der Waals surface area contributed by atoms with Gasteiger partial charge in [-0.25, -0.2) is 0 Å². The number of thiocarbonyl (C=S) groups is 1. The van der Waals surface area contributed by atoms with Gasteiger partial charge in [-0.15, -0.1) is 0 Å². The molecule has 4 rings (SSSR count). The molecule has 1 fully saturated rings. The van der Waals surface area contributed by atoms with E-state index in [0.717, 1.165) is 16.5 Å². The Morgan fingerprint density at radius 1 is 1.16 bits per heavy atom. The molecule has 1 N–H and O–H groups in total. The number of hydrogen-bond donors (Lipinski definition) is 1. The number of likely N-dealkylation sites (N-methyl/N-ethyl adjacent to an activating group) is 1. The highest BCUT2D eigenvalue weighted by Gasteiger charge is 2.31. The predicted molar refractivity (Wildman–Crippen MR) is 127 cm³/mol. The van der Waals surface area contributed by atoms with Crippen molar-refractivity contribution in [3.8, 4) is 5.75 Å². The van der Waals surface area contributed by atoms with Gasteiger partial charge in [0.15, 0.2) is 5.75 Å². The monoisotopic (exact) mass is 476 g/mol. The van der Waals surface area contributed by atoms with Gasteiger partial charge in [-0.2, -0.15) is 8.42 Å². The molecular weight excluding hydrogens is 456 g/mol. The van der Waals surface area contributed by atoms with E-state index in [4.69, 9.17) is 21.5 Å². The van der Waals surface area contributed by atoms with E-state index < -0.39 is 10.1 Å². The zero-order valence-electron chi connectivity index (χ0n) is 16.6. The number of allylic oxidation sites excluding steroid dienone is 2. The summed E-state index contributed by atoms with van der Waals surface area (Å²) in [5.74, 6) is 0.620. The van der Waals surface area contributed by atoms with Crippen LogP contribution in [0, 0.1) is 0 Å². The lowest BCUT2D eigenvalue weighted by atomic mass is 10.1. The second kappa shape index (κ2) is 8.62. The summed E-state index contributed by atoms with van der Waals surface area (Å²) in [5.41, 5.74) is 0.828. The number of nitrogens with zero attached hydrogens (tertiary/aromatic N) is 2. The number of hydrogen-bond acceptors (Lipinski definition) is 7. The molecule has 31 heavy (non-hydrogen) atoms. The summed E-state index contributed by atoms with van der Waals surface area (Å²) in [6, 6.07) is 11.7. The molecular formula is C21H20N2O5S3. The van der Waals surface area contributed by atoms with E-state index in [1.807, 2.05) is 48.2 Å². The van der Waals surface area contributed by atoms with Crippen LogP contribution in [0.5, 0.6) is 5.75 Å². The van der Waals surface area contributed by atoms with E-state index in [2.05, 4.69) is 0 Å². The first-order chi connectivity index (χ1) is 14.8. The third-order valence-electron chi connectivity index (χ3n) is 4.97.